The van der Waals surface area contributed by atoms with Gasteiger partial charge in [0.2, 0.25) is 5.91 Å². The molecule has 0 fully saturated rings. The molecular weight excluding hydrogens is 366 g/mol. The zero-order valence-corrected chi connectivity index (χ0v) is 17.2. The van der Waals surface area contributed by atoms with Crippen molar-refractivity contribution >= 4 is 5.91 Å². The smallest absolute Gasteiger partial charge is 0.226 e. The van der Waals surface area contributed by atoms with E-state index in [4.69, 9.17) is 9.47 Å². The maximum Gasteiger partial charge on any atom is 0.226 e. The summed E-state index contributed by atoms with van der Waals surface area (Å²) >= 11 is 0. The standard InChI is InChI=1S/C23H27N3O3/c1-25(13-7-8-18-11-12-21(28-2)22(14-18)29-3)23(27)15-19-16-24-26(17-19)20-9-5-4-6-10-20/h4-6,9-12,14,16-17H,7-8,13,15H2,1-3H3. The summed E-state index contributed by atoms with van der Waals surface area (Å²) in [5.74, 6) is 1.54. The van der Waals surface area contributed by atoms with Crippen LogP contribution in [0.3, 0.4) is 0 Å². The number of carbonyl (C=O) groups excluding carboxylic acids is 1. The maximum absolute atomic E-state index is 12.5. The van der Waals surface area contributed by atoms with Crippen molar-refractivity contribution in [2.75, 3.05) is 27.8 Å². The summed E-state index contributed by atoms with van der Waals surface area (Å²) < 4.78 is 12.4. The van der Waals surface area contributed by atoms with Crippen LogP contribution in [0.25, 0.3) is 5.69 Å². The molecule has 29 heavy (non-hydrogen) atoms. The number of methoxy groups -OCH3 is 2. The average molecular weight is 393 g/mol. The van der Waals surface area contributed by atoms with Crippen molar-refractivity contribution in [1.82, 2.24) is 14.7 Å². The number of para-hydroxylation sites is 1. The van der Waals surface area contributed by atoms with Crippen molar-refractivity contribution in [3.63, 3.8) is 0 Å². The zero-order chi connectivity index (χ0) is 20.6. The lowest BCUT2D eigenvalue weighted by molar-refractivity contribution is -0.129. The fraction of sp³-hybridized carbons (Fsp3) is 0.304. The van der Waals surface area contributed by atoms with Gasteiger partial charge in [0.05, 0.1) is 32.5 Å². The van der Waals surface area contributed by atoms with E-state index in [1.165, 1.54) is 0 Å². The quantitative estimate of drug-likeness (QED) is 0.558. The number of ether oxygens (including phenoxy) is 2. The summed E-state index contributed by atoms with van der Waals surface area (Å²) in [5.41, 5.74) is 3.05. The van der Waals surface area contributed by atoms with E-state index < -0.39 is 0 Å². The number of carbonyl (C=O) groups is 1. The van der Waals surface area contributed by atoms with E-state index in [0.29, 0.717) is 13.0 Å². The Labute approximate surface area is 171 Å². The molecule has 6 nitrogen and oxygen atoms in total. The van der Waals surface area contributed by atoms with Crippen molar-refractivity contribution in [3.05, 3.63) is 72.1 Å². The number of amides is 1. The van der Waals surface area contributed by atoms with Crippen molar-refractivity contribution in [1.29, 1.82) is 0 Å². The van der Waals surface area contributed by atoms with Crippen LogP contribution < -0.4 is 9.47 Å². The molecule has 0 N–H and O–H groups in total. The highest BCUT2D eigenvalue weighted by molar-refractivity contribution is 5.78. The molecule has 2 aromatic carbocycles. The van der Waals surface area contributed by atoms with Crippen LogP contribution in [0, 0.1) is 0 Å². The zero-order valence-electron chi connectivity index (χ0n) is 17.2. The van der Waals surface area contributed by atoms with Crippen LogP contribution in [0.5, 0.6) is 11.5 Å². The van der Waals surface area contributed by atoms with Crippen LogP contribution in [0.15, 0.2) is 60.9 Å². The lowest BCUT2D eigenvalue weighted by atomic mass is 10.1. The normalized spacial score (nSPS) is 10.6. The molecule has 0 aliphatic heterocycles. The number of hydrogen-bond donors (Lipinski definition) is 0. The maximum atomic E-state index is 12.5. The van der Waals surface area contributed by atoms with Gasteiger partial charge in [-0.15, -0.1) is 0 Å². The van der Waals surface area contributed by atoms with Crippen molar-refractivity contribution in [3.8, 4) is 17.2 Å². The topological polar surface area (TPSA) is 56.6 Å². The second kappa shape index (κ2) is 9.78. The monoisotopic (exact) mass is 393 g/mol. The molecule has 152 valence electrons. The van der Waals surface area contributed by atoms with E-state index in [-0.39, 0.29) is 5.91 Å². The van der Waals surface area contributed by atoms with E-state index in [1.807, 2.05) is 61.8 Å². The first-order chi connectivity index (χ1) is 14.1. The van der Waals surface area contributed by atoms with Crippen LogP contribution in [0.2, 0.25) is 0 Å². The Morgan fingerprint density at radius 2 is 1.79 bits per heavy atom. The lowest BCUT2D eigenvalue weighted by Crippen LogP contribution is -2.29. The van der Waals surface area contributed by atoms with Crippen molar-refractivity contribution in [2.24, 2.45) is 0 Å². The molecule has 3 rings (SSSR count). The Morgan fingerprint density at radius 1 is 1.03 bits per heavy atom. The number of aromatic nitrogens is 2. The fourth-order valence-electron chi connectivity index (χ4n) is 3.16. The molecule has 0 saturated carbocycles. The highest BCUT2D eigenvalue weighted by Crippen LogP contribution is 2.28. The van der Waals surface area contributed by atoms with Crippen LogP contribution in [0.4, 0.5) is 0 Å². The molecule has 0 bridgehead atoms. The molecule has 0 unspecified atom stereocenters. The Bertz CT molecular complexity index is 938. The molecule has 1 heterocycles. The van der Waals surface area contributed by atoms with Gasteiger partial charge in [0.25, 0.3) is 0 Å². The summed E-state index contributed by atoms with van der Waals surface area (Å²) in [5, 5.41) is 4.35. The largest absolute Gasteiger partial charge is 0.493 e. The molecule has 6 heteroatoms. The third kappa shape index (κ3) is 5.38. The molecule has 1 aromatic heterocycles. The van der Waals surface area contributed by atoms with Crippen molar-refractivity contribution < 1.29 is 14.3 Å². The number of hydrogen-bond acceptors (Lipinski definition) is 4. The van der Waals surface area contributed by atoms with Crippen LogP contribution in [-0.4, -0.2) is 48.4 Å². The minimum atomic E-state index is 0.0879. The van der Waals surface area contributed by atoms with Crippen LogP contribution in [-0.2, 0) is 17.6 Å². The van der Waals surface area contributed by atoms with E-state index >= 15 is 0 Å². The molecule has 0 atom stereocenters. The first-order valence-electron chi connectivity index (χ1n) is 9.64. The molecule has 0 radical (unpaired) electrons. The number of benzene rings is 2. The SMILES string of the molecule is COc1ccc(CCCN(C)C(=O)Cc2cnn(-c3ccccc3)c2)cc1OC. The molecular formula is C23H27N3O3. The minimum absolute atomic E-state index is 0.0879. The minimum Gasteiger partial charge on any atom is -0.493 e. The average Bonchev–Trinajstić information content (AvgIpc) is 3.22. The van der Waals surface area contributed by atoms with Gasteiger partial charge in [-0.05, 0) is 48.2 Å². The summed E-state index contributed by atoms with van der Waals surface area (Å²) in [6, 6.07) is 15.8. The third-order valence-corrected chi connectivity index (χ3v) is 4.84. The van der Waals surface area contributed by atoms with Crippen LogP contribution in [0.1, 0.15) is 17.5 Å². The molecule has 0 spiro atoms. The highest BCUT2D eigenvalue weighted by atomic mass is 16.5. The van der Waals surface area contributed by atoms with Crippen molar-refractivity contribution in [2.45, 2.75) is 19.3 Å². The van der Waals surface area contributed by atoms with Crippen LogP contribution >= 0.6 is 0 Å². The van der Waals surface area contributed by atoms with Gasteiger partial charge in [0, 0.05) is 19.8 Å². The second-order valence-electron chi connectivity index (χ2n) is 6.91. The second-order valence-corrected chi connectivity index (χ2v) is 6.91. The van der Waals surface area contributed by atoms with Gasteiger partial charge in [0.1, 0.15) is 0 Å². The predicted molar refractivity (Wildman–Crippen MR) is 113 cm³/mol. The van der Waals surface area contributed by atoms with E-state index in [0.717, 1.165) is 41.2 Å². The number of nitrogens with zero attached hydrogens (tertiary/aromatic N) is 3. The number of likely N-dealkylation sites (N-methyl/N-ethyl adjacent to an activating group) is 1. The summed E-state index contributed by atoms with van der Waals surface area (Å²) in [6.07, 6.45) is 5.75. The van der Waals surface area contributed by atoms with Gasteiger partial charge < -0.3 is 14.4 Å². The van der Waals surface area contributed by atoms with Gasteiger partial charge in [0.15, 0.2) is 11.5 Å². The lowest BCUT2D eigenvalue weighted by Gasteiger charge is -2.17. The van der Waals surface area contributed by atoms with Gasteiger partial charge in [-0.3, -0.25) is 4.79 Å². The van der Waals surface area contributed by atoms with Gasteiger partial charge in [-0.1, -0.05) is 24.3 Å². The Hall–Kier alpha value is -3.28. The highest BCUT2D eigenvalue weighted by Gasteiger charge is 2.12. The first-order valence-corrected chi connectivity index (χ1v) is 9.64. The van der Waals surface area contributed by atoms with Gasteiger partial charge in [-0.25, -0.2) is 4.68 Å². The van der Waals surface area contributed by atoms with E-state index in [1.54, 1.807) is 30.0 Å². The summed E-state index contributed by atoms with van der Waals surface area (Å²) in [6.45, 7) is 0.694. The molecule has 0 saturated heterocycles. The fourth-order valence-corrected chi connectivity index (χ4v) is 3.16. The van der Waals surface area contributed by atoms with Gasteiger partial charge in [-0.2, -0.15) is 5.10 Å². The molecule has 0 aliphatic carbocycles. The van der Waals surface area contributed by atoms with E-state index in [2.05, 4.69) is 5.10 Å². The predicted octanol–water partition coefficient (Wildman–Crippen LogP) is 3.52. The summed E-state index contributed by atoms with van der Waals surface area (Å²) in [7, 11) is 5.11. The Kier molecular flexibility index (Phi) is 6.89. The third-order valence-electron chi connectivity index (χ3n) is 4.84. The van der Waals surface area contributed by atoms with Gasteiger partial charge >= 0.3 is 0 Å². The van der Waals surface area contributed by atoms with E-state index in [9.17, 15) is 4.79 Å². The summed E-state index contributed by atoms with van der Waals surface area (Å²) in [4.78, 5) is 14.3. The first kappa shape index (κ1) is 20.5. The molecule has 1 amide bonds. The Balaban J connectivity index is 1.49. The number of rotatable bonds is 9. The molecule has 0 aliphatic rings. The Morgan fingerprint density at radius 3 is 2.52 bits per heavy atom. The number of aryl methyl sites for hydroxylation is 1. The molecule has 3 aromatic rings.